The fraction of sp³-hybridized carbons (Fsp3) is 0.333. The number of rotatable bonds is 3. The molecule has 3 nitrogen and oxygen atoms in total. The fourth-order valence-electron chi connectivity index (χ4n) is 0.888. The van der Waals surface area contributed by atoms with E-state index in [-0.39, 0.29) is 5.78 Å². The number of nitrogens with zero attached hydrogens (tertiary/aromatic N) is 1. The first-order valence-electron chi connectivity index (χ1n) is 3.86. The monoisotopic (exact) mass is 164 g/mol. The Balaban J connectivity index is 2.58. The Morgan fingerprint density at radius 1 is 1.67 bits per heavy atom. The average molecular weight is 164 g/mol. The van der Waals surface area contributed by atoms with Crippen molar-refractivity contribution < 1.29 is 4.79 Å². The third kappa shape index (κ3) is 2.43. The summed E-state index contributed by atoms with van der Waals surface area (Å²) in [6.45, 7) is 1.49. The second kappa shape index (κ2) is 3.97. The summed E-state index contributed by atoms with van der Waals surface area (Å²) in [7, 11) is 0. The van der Waals surface area contributed by atoms with Crippen LogP contribution in [-0.2, 0) is 11.2 Å². The van der Waals surface area contributed by atoms with Gasteiger partial charge < -0.3 is 5.73 Å². The van der Waals surface area contributed by atoms with E-state index in [2.05, 4.69) is 4.98 Å². The zero-order chi connectivity index (χ0) is 8.97. The minimum absolute atomic E-state index is 0.000605. The van der Waals surface area contributed by atoms with E-state index in [1.165, 1.54) is 6.92 Å². The van der Waals surface area contributed by atoms with Gasteiger partial charge in [-0.15, -0.1) is 0 Å². The molecule has 0 aliphatic heterocycles. The van der Waals surface area contributed by atoms with E-state index in [0.717, 1.165) is 5.69 Å². The van der Waals surface area contributed by atoms with Crippen molar-refractivity contribution in [2.45, 2.75) is 19.4 Å². The summed E-state index contributed by atoms with van der Waals surface area (Å²) in [6.07, 6.45) is 2.22. The largest absolute Gasteiger partial charge is 0.321 e. The molecule has 0 unspecified atom stereocenters. The number of carbonyl (C=O) groups is 1. The Kier molecular flexibility index (Phi) is 2.94. The van der Waals surface area contributed by atoms with Crippen LogP contribution in [0.1, 0.15) is 12.6 Å². The van der Waals surface area contributed by atoms with Crippen LogP contribution in [0.4, 0.5) is 0 Å². The first-order valence-corrected chi connectivity index (χ1v) is 3.86. The Morgan fingerprint density at radius 2 is 2.42 bits per heavy atom. The summed E-state index contributed by atoms with van der Waals surface area (Å²) in [4.78, 5) is 14.9. The summed E-state index contributed by atoms with van der Waals surface area (Å²) in [5.41, 5.74) is 6.42. The van der Waals surface area contributed by atoms with Crippen LogP contribution in [0.3, 0.4) is 0 Å². The molecular formula is C9H12N2O. The number of nitrogens with two attached hydrogens (primary N) is 1. The van der Waals surface area contributed by atoms with Gasteiger partial charge in [0, 0.05) is 18.3 Å². The molecule has 12 heavy (non-hydrogen) atoms. The van der Waals surface area contributed by atoms with E-state index in [1.54, 1.807) is 6.20 Å². The molecule has 0 aliphatic carbocycles. The van der Waals surface area contributed by atoms with E-state index < -0.39 is 6.04 Å². The smallest absolute Gasteiger partial charge is 0.146 e. The van der Waals surface area contributed by atoms with Crippen molar-refractivity contribution in [1.82, 2.24) is 4.98 Å². The highest BCUT2D eigenvalue weighted by Crippen LogP contribution is 1.97. The highest BCUT2D eigenvalue weighted by Gasteiger charge is 2.08. The highest BCUT2D eigenvalue weighted by molar-refractivity contribution is 5.81. The van der Waals surface area contributed by atoms with Crippen LogP contribution >= 0.6 is 0 Å². The molecule has 1 rings (SSSR count). The zero-order valence-electron chi connectivity index (χ0n) is 7.03. The van der Waals surface area contributed by atoms with Gasteiger partial charge in [0.25, 0.3) is 0 Å². The molecule has 0 aliphatic rings. The number of hydrogen-bond donors (Lipinski definition) is 1. The number of pyridine rings is 1. The molecule has 0 fully saturated rings. The molecule has 0 saturated heterocycles. The van der Waals surface area contributed by atoms with Gasteiger partial charge in [-0.2, -0.15) is 0 Å². The quantitative estimate of drug-likeness (QED) is 0.709. The van der Waals surface area contributed by atoms with Crippen molar-refractivity contribution in [3.05, 3.63) is 30.1 Å². The molecule has 0 amide bonds. The molecule has 0 spiro atoms. The van der Waals surface area contributed by atoms with Gasteiger partial charge in [0.1, 0.15) is 5.78 Å². The van der Waals surface area contributed by atoms with Crippen LogP contribution < -0.4 is 5.73 Å². The van der Waals surface area contributed by atoms with Gasteiger partial charge in [0.2, 0.25) is 0 Å². The lowest BCUT2D eigenvalue weighted by molar-refractivity contribution is -0.118. The van der Waals surface area contributed by atoms with Gasteiger partial charge in [0.15, 0.2) is 0 Å². The third-order valence-corrected chi connectivity index (χ3v) is 1.68. The normalized spacial score (nSPS) is 12.5. The van der Waals surface area contributed by atoms with E-state index >= 15 is 0 Å². The Bertz CT molecular complexity index is 258. The summed E-state index contributed by atoms with van der Waals surface area (Å²) in [6, 6.07) is 5.17. The van der Waals surface area contributed by atoms with Crippen molar-refractivity contribution in [1.29, 1.82) is 0 Å². The lowest BCUT2D eigenvalue weighted by atomic mass is 10.1. The van der Waals surface area contributed by atoms with Crippen LogP contribution in [0.5, 0.6) is 0 Å². The molecule has 0 aromatic carbocycles. The van der Waals surface area contributed by atoms with Crippen LogP contribution in [0.2, 0.25) is 0 Å². The van der Waals surface area contributed by atoms with Crippen LogP contribution in [-0.4, -0.2) is 16.8 Å². The maximum Gasteiger partial charge on any atom is 0.146 e. The molecule has 0 radical (unpaired) electrons. The van der Waals surface area contributed by atoms with Crippen LogP contribution in [0, 0.1) is 0 Å². The van der Waals surface area contributed by atoms with Crippen LogP contribution in [0.15, 0.2) is 24.4 Å². The summed E-state index contributed by atoms with van der Waals surface area (Å²) in [5.74, 6) is 0.000605. The first kappa shape index (κ1) is 8.87. The van der Waals surface area contributed by atoms with Crippen molar-refractivity contribution in [3.8, 4) is 0 Å². The summed E-state index contributed by atoms with van der Waals surface area (Å²) in [5, 5.41) is 0. The van der Waals surface area contributed by atoms with Crippen molar-refractivity contribution in [2.75, 3.05) is 0 Å². The first-order chi connectivity index (χ1) is 5.70. The predicted molar refractivity (Wildman–Crippen MR) is 46.6 cm³/mol. The number of aromatic nitrogens is 1. The predicted octanol–water partition coefficient (Wildman–Crippen LogP) is 0.540. The fourth-order valence-corrected chi connectivity index (χ4v) is 0.888. The van der Waals surface area contributed by atoms with E-state index in [9.17, 15) is 4.79 Å². The van der Waals surface area contributed by atoms with Gasteiger partial charge in [-0.25, -0.2) is 0 Å². The maximum atomic E-state index is 10.8. The Hall–Kier alpha value is -1.22. The maximum absolute atomic E-state index is 10.8. The van der Waals surface area contributed by atoms with Gasteiger partial charge >= 0.3 is 0 Å². The molecule has 1 atom stereocenters. The molecular weight excluding hydrogens is 152 g/mol. The number of ketones is 1. The summed E-state index contributed by atoms with van der Waals surface area (Å²) >= 11 is 0. The van der Waals surface area contributed by atoms with E-state index in [4.69, 9.17) is 5.73 Å². The van der Waals surface area contributed by atoms with Crippen molar-refractivity contribution >= 4 is 5.78 Å². The van der Waals surface area contributed by atoms with Gasteiger partial charge in [-0.05, 0) is 19.1 Å². The lowest BCUT2D eigenvalue weighted by Gasteiger charge is -2.05. The van der Waals surface area contributed by atoms with Gasteiger partial charge in [-0.3, -0.25) is 9.78 Å². The van der Waals surface area contributed by atoms with Crippen molar-refractivity contribution in [2.24, 2.45) is 5.73 Å². The lowest BCUT2D eigenvalue weighted by Crippen LogP contribution is -2.30. The molecule has 1 aromatic rings. The molecule has 2 N–H and O–H groups in total. The number of Topliss-reactive ketones (excluding diaryl/α,β-unsaturated/α-hetero) is 1. The molecule has 0 saturated carbocycles. The van der Waals surface area contributed by atoms with Gasteiger partial charge in [-0.1, -0.05) is 6.07 Å². The standard InChI is InChI=1S/C9H12N2O/c1-7(12)9(10)6-8-4-2-3-5-11-8/h2-5,9H,6,10H2,1H3/t9-/m0/s1. The Labute approximate surface area is 71.6 Å². The molecule has 3 heteroatoms. The second-order valence-electron chi connectivity index (χ2n) is 2.74. The molecule has 1 aromatic heterocycles. The van der Waals surface area contributed by atoms with E-state index in [0.29, 0.717) is 6.42 Å². The molecule has 1 heterocycles. The summed E-state index contributed by atoms with van der Waals surface area (Å²) < 4.78 is 0. The zero-order valence-corrected chi connectivity index (χ0v) is 7.03. The minimum Gasteiger partial charge on any atom is -0.321 e. The van der Waals surface area contributed by atoms with Gasteiger partial charge in [0.05, 0.1) is 6.04 Å². The Morgan fingerprint density at radius 3 is 2.92 bits per heavy atom. The highest BCUT2D eigenvalue weighted by atomic mass is 16.1. The van der Waals surface area contributed by atoms with E-state index in [1.807, 2.05) is 18.2 Å². The number of hydrogen-bond acceptors (Lipinski definition) is 3. The average Bonchev–Trinajstić information content (AvgIpc) is 2.06. The minimum atomic E-state index is -0.417. The topological polar surface area (TPSA) is 56.0 Å². The number of carbonyl (C=O) groups excluding carboxylic acids is 1. The van der Waals surface area contributed by atoms with Crippen LogP contribution in [0.25, 0.3) is 0 Å². The molecule has 64 valence electrons. The second-order valence-corrected chi connectivity index (χ2v) is 2.74. The third-order valence-electron chi connectivity index (χ3n) is 1.68. The van der Waals surface area contributed by atoms with Crippen molar-refractivity contribution in [3.63, 3.8) is 0 Å². The molecule has 0 bridgehead atoms. The SMILES string of the molecule is CC(=O)[C@@H](N)Cc1ccccn1.